The summed E-state index contributed by atoms with van der Waals surface area (Å²) in [5, 5.41) is 10.5. The second-order valence-electron chi connectivity index (χ2n) is 3.97. The van der Waals surface area contributed by atoms with Gasteiger partial charge in [0.1, 0.15) is 0 Å². The fourth-order valence-electron chi connectivity index (χ4n) is 1.97. The molecule has 0 unspecified atom stereocenters. The van der Waals surface area contributed by atoms with Crippen molar-refractivity contribution in [1.29, 1.82) is 0 Å². The zero-order valence-corrected chi connectivity index (χ0v) is 8.83. The molecule has 0 saturated carbocycles. The minimum Gasteiger partial charge on any atom is -0.376 e. The average Bonchev–Trinajstić information content (AvgIpc) is 2.77. The number of rotatable bonds is 3. The minimum atomic E-state index is -0.391. The number of nitro groups is 1. The van der Waals surface area contributed by atoms with Gasteiger partial charge in [0.05, 0.1) is 17.6 Å². The van der Waals surface area contributed by atoms with E-state index >= 15 is 0 Å². The standard InChI is InChI=1S/C11H14N2O3/c12-6-11-5-9(7-16-11)8-1-3-10(4-2-8)13(14)15/h1-4,9,11H,5-7,12H2/t9-,11-/m0/s1. The second kappa shape index (κ2) is 4.59. The molecule has 86 valence electrons. The fourth-order valence-corrected chi connectivity index (χ4v) is 1.97. The molecule has 0 aliphatic carbocycles. The first-order valence-electron chi connectivity index (χ1n) is 5.26. The highest BCUT2D eigenvalue weighted by Crippen LogP contribution is 2.29. The molecule has 16 heavy (non-hydrogen) atoms. The maximum absolute atomic E-state index is 10.5. The topological polar surface area (TPSA) is 78.4 Å². The summed E-state index contributed by atoms with van der Waals surface area (Å²) in [6.07, 6.45) is 1.02. The normalized spacial score (nSPS) is 24.6. The Hall–Kier alpha value is -1.46. The lowest BCUT2D eigenvalue weighted by Gasteiger charge is -2.07. The third-order valence-corrected chi connectivity index (χ3v) is 2.92. The van der Waals surface area contributed by atoms with Gasteiger partial charge in [-0.05, 0) is 12.0 Å². The third kappa shape index (κ3) is 2.20. The van der Waals surface area contributed by atoms with Gasteiger partial charge in [-0.15, -0.1) is 0 Å². The predicted octanol–water partition coefficient (Wildman–Crippen LogP) is 1.43. The Morgan fingerprint density at radius 1 is 1.44 bits per heavy atom. The van der Waals surface area contributed by atoms with E-state index in [1.54, 1.807) is 12.1 Å². The van der Waals surface area contributed by atoms with Gasteiger partial charge in [-0.25, -0.2) is 0 Å². The van der Waals surface area contributed by atoms with Crippen molar-refractivity contribution in [3.63, 3.8) is 0 Å². The lowest BCUT2D eigenvalue weighted by molar-refractivity contribution is -0.384. The van der Waals surface area contributed by atoms with E-state index in [-0.39, 0.29) is 11.8 Å². The van der Waals surface area contributed by atoms with Gasteiger partial charge in [-0.2, -0.15) is 0 Å². The number of nitro benzene ring substituents is 1. The number of nitrogens with two attached hydrogens (primary N) is 1. The van der Waals surface area contributed by atoms with Crippen LogP contribution in [0.2, 0.25) is 0 Å². The van der Waals surface area contributed by atoms with Crippen LogP contribution >= 0.6 is 0 Å². The van der Waals surface area contributed by atoms with Crippen LogP contribution in [0, 0.1) is 10.1 Å². The van der Waals surface area contributed by atoms with Crippen LogP contribution in [0.3, 0.4) is 0 Å². The Balaban J connectivity index is 2.08. The van der Waals surface area contributed by atoms with Crippen molar-refractivity contribution in [2.45, 2.75) is 18.4 Å². The molecule has 0 amide bonds. The average molecular weight is 222 g/mol. The fraction of sp³-hybridized carbons (Fsp3) is 0.455. The van der Waals surface area contributed by atoms with Crippen LogP contribution in [0.25, 0.3) is 0 Å². The highest BCUT2D eigenvalue weighted by Gasteiger charge is 2.25. The van der Waals surface area contributed by atoms with Crippen molar-refractivity contribution in [3.8, 4) is 0 Å². The number of ether oxygens (including phenoxy) is 1. The Morgan fingerprint density at radius 3 is 2.62 bits per heavy atom. The van der Waals surface area contributed by atoms with E-state index in [1.807, 2.05) is 0 Å². The van der Waals surface area contributed by atoms with Crippen LogP contribution in [0.1, 0.15) is 17.9 Å². The molecule has 1 heterocycles. The van der Waals surface area contributed by atoms with E-state index in [0.717, 1.165) is 12.0 Å². The molecule has 2 N–H and O–H groups in total. The Morgan fingerprint density at radius 2 is 2.12 bits per heavy atom. The van der Waals surface area contributed by atoms with Crippen molar-refractivity contribution < 1.29 is 9.66 Å². The van der Waals surface area contributed by atoms with Gasteiger partial charge in [-0.3, -0.25) is 10.1 Å². The van der Waals surface area contributed by atoms with E-state index < -0.39 is 4.92 Å². The maximum atomic E-state index is 10.5. The Labute approximate surface area is 93.4 Å². The molecule has 2 rings (SSSR count). The van der Waals surface area contributed by atoms with Crippen LogP contribution < -0.4 is 5.73 Å². The summed E-state index contributed by atoms with van der Waals surface area (Å²) in [7, 11) is 0. The van der Waals surface area contributed by atoms with Crippen molar-refractivity contribution in [3.05, 3.63) is 39.9 Å². The molecule has 1 aliphatic heterocycles. The molecule has 2 atom stereocenters. The van der Waals surface area contributed by atoms with Crippen LogP contribution in [-0.2, 0) is 4.74 Å². The van der Waals surface area contributed by atoms with Gasteiger partial charge in [0.15, 0.2) is 0 Å². The largest absolute Gasteiger partial charge is 0.376 e. The lowest BCUT2D eigenvalue weighted by Crippen LogP contribution is -2.18. The Kier molecular flexibility index (Phi) is 3.17. The molecule has 1 aliphatic rings. The summed E-state index contributed by atoms with van der Waals surface area (Å²) in [5.41, 5.74) is 6.73. The number of hydrogen-bond acceptors (Lipinski definition) is 4. The smallest absolute Gasteiger partial charge is 0.269 e. The van der Waals surface area contributed by atoms with E-state index in [9.17, 15) is 10.1 Å². The molecule has 5 heteroatoms. The molecular weight excluding hydrogens is 208 g/mol. The molecule has 1 aromatic carbocycles. The van der Waals surface area contributed by atoms with Crippen LogP contribution in [0.15, 0.2) is 24.3 Å². The summed E-state index contributed by atoms with van der Waals surface area (Å²) in [6, 6.07) is 6.66. The number of non-ortho nitro benzene ring substituents is 1. The van der Waals surface area contributed by atoms with Gasteiger partial charge in [0.2, 0.25) is 0 Å². The van der Waals surface area contributed by atoms with Gasteiger partial charge in [-0.1, -0.05) is 12.1 Å². The summed E-state index contributed by atoms with van der Waals surface area (Å²) < 4.78 is 5.49. The summed E-state index contributed by atoms with van der Waals surface area (Å²) in [5.74, 6) is 0.314. The number of nitrogens with zero attached hydrogens (tertiary/aromatic N) is 1. The molecule has 1 aromatic rings. The molecule has 1 saturated heterocycles. The lowest BCUT2D eigenvalue weighted by atomic mass is 9.96. The zero-order valence-electron chi connectivity index (χ0n) is 8.83. The summed E-state index contributed by atoms with van der Waals surface area (Å²) in [6.45, 7) is 1.18. The highest BCUT2D eigenvalue weighted by molar-refractivity contribution is 5.34. The number of benzene rings is 1. The first kappa shape index (κ1) is 11.0. The molecule has 0 spiro atoms. The van der Waals surface area contributed by atoms with Crippen LogP contribution in [-0.4, -0.2) is 24.2 Å². The van der Waals surface area contributed by atoms with Crippen LogP contribution in [0.4, 0.5) is 5.69 Å². The second-order valence-corrected chi connectivity index (χ2v) is 3.97. The minimum absolute atomic E-state index is 0.123. The van der Waals surface area contributed by atoms with Crippen molar-refractivity contribution in [2.24, 2.45) is 5.73 Å². The summed E-state index contributed by atoms with van der Waals surface area (Å²) in [4.78, 5) is 10.1. The molecule has 0 bridgehead atoms. The highest BCUT2D eigenvalue weighted by atomic mass is 16.6. The van der Waals surface area contributed by atoms with Crippen LogP contribution in [0.5, 0.6) is 0 Å². The third-order valence-electron chi connectivity index (χ3n) is 2.92. The predicted molar refractivity (Wildman–Crippen MR) is 59.2 cm³/mol. The van der Waals surface area contributed by atoms with Gasteiger partial charge in [0.25, 0.3) is 5.69 Å². The maximum Gasteiger partial charge on any atom is 0.269 e. The first-order chi connectivity index (χ1) is 7.70. The van der Waals surface area contributed by atoms with E-state index in [2.05, 4.69) is 0 Å². The van der Waals surface area contributed by atoms with Crippen molar-refractivity contribution >= 4 is 5.69 Å². The van der Waals surface area contributed by atoms with E-state index in [0.29, 0.717) is 19.1 Å². The molecular formula is C11H14N2O3. The Bertz CT molecular complexity index is 377. The van der Waals surface area contributed by atoms with Gasteiger partial charge < -0.3 is 10.5 Å². The molecule has 5 nitrogen and oxygen atoms in total. The molecule has 0 radical (unpaired) electrons. The van der Waals surface area contributed by atoms with Crippen molar-refractivity contribution in [1.82, 2.24) is 0 Å². The molecule has 1 fully saturated rings. The zero-order chi connectivity index (χ0) is 11.5. The van der Waals surface area contributed by atoms with Crippen molar-refractivity contribution in [2.75, 3.05) is 13.2 Å². The SMILES string of the molecule is NC[C@@H]1C[C@H](c2ccc([N+](=O)[O-])cc2)CO1. The quantitative estimate of drug-likeness (QED) is 0.619. The van der Waals surface area contributed by atoms with Gasteiger partial charge in [0, 0.05) is 24.6 Å². The monoisotopic (exact) mass is 222 g/mol. The molecule has 0 aromatic heterocycles. The number of hydrogen-bond donors (Lipinski definition) is 1. The first-order valence-corrected chi connectivity index (χ1v) is 5.26. The summed E-state index contributed by atoms with van der Waals surface area (Å²) >= 11 is 0. The van der Waals surface area contributed by atoms with E-state index in [1.165, 1.54) is 12.1 Å². The van der Waals surface area contributed by atoms with Gasteiger partial charge >= 0.3 is 0 Å². The van der Waals surface area contributed by atoms with E-state index in [4.69, 9.17) is 10.5 Å².